The van der Waals surface area contributed by atoms with Crippen molar-refractivity contribution in [3.8, 4) is 0 Å². The van der Waals surface area contributed by atoms with Crippen LogP contribution in [0.5, 0.6) is 0 Å². The van der Waals surface area contributed by atoms with Gasteiger partial charge >= 0.3 is 0 Å². The summed E-state index contributed by atoms with van der Waals surface area (Å²) in [7, 11) is 0. The molecule has 1 aromatic heterocycles. The van der Waals surface area contributed by atoms with Crippen molar-refractivity contribution in [1.29, 1.82) is 0 Å². The molecule has 1 saturated heterocycles. The summed E-state index contributed by atoms with van der Waals surface area (Å²) in [5.41, 5.74) is 12.3. The molecule has 1 fully saturated rings. The fourth-order valence-corrected chi connectivity index (χ4v) is 2.06. The Kier molecular flexibility index (Phi) is 3.75. The first-order valence-electron chi connectivity index (χ1n) is 6.00. The lowest BCUT2D eigenvalue weighted by molar-refractivity contribution is 0.132. The molecule has 0 aromatic carbocycles. The van der Waals surface area contributed by atoms with Gasteiger partial charge in [0, 0.05) is 44.5 Å². The largest absolute Gasteiger partial charge is 0.383 e. The van der Waals surface area contributed by atoms with Crippen LogP contribution in [0.25, 0.3) is 0 Å². The molecule has 2 heterocycles. The average molecular weight is 236 g/mol. The number of anilines is 2. The Labute approximate surface area is 102 Å². The second-order valence-corrected chi connectivity index (χ2v) is 4.35. The number of likely N-dealkylation sites (N-methyl/N-ethyl adjacent to an activating group) is 1. The number of piperazine rings is 1. The molecule has 0 atom stereocenters. The molecule has 6 heteroatoms. The molecule has 0 unspecified atom stereocenters. The van der Waals surface area contributed by atoms with Gasteiger partial charge in [-0.2, -0.15) is 4.98 Å². The van der Waals surface area contributed by atoms with Gasteiger partial charge in [0.1, 0.15) is 5.82 Å². The zero-order chi connectivity index (χ0) is 12.3. The molecular formula is C11H20N6. The van der Waals surface area contributed by atoms with E-state index in [1.807, 2.05) is 0 Å². The van der Waals surface area contributed by atoms with E-state index in [0.717, 1.165) is 44.8 Å². The molecule has 6 nitrogen and oxygen atoms in total. The van der Waals surface area contributed by atoms with Gasteiger partial charge in [-0.1, -0.05) is 6.92 Å². The van der Waals surface area contributed by atoms with E-state index in [9.17, 15) is 0 Å². The molecule has 1 aliphatic rings. The number of nitrogens with two attached hydrogens (primary N) is 2. The van der Waals surface area contributed by atoms with E-state index >= 15 is 0 Å². The van der Waals surface area contributed by atoms with Crippen molar-refractivity contribution in [3.05, 3.63) is 11.8 Å². The van der Waals surface area contributed by atoms with Crippen LogP contribution in [-0.2, 0) is 6.54 Å². The van der Waals surface area contributed by atoms with Crippen LogP contribution in [0.2, 0.25) is 0 Å². The smallest absolute Gasteiger partial charge is 0.221 e. The summed E-state index contributed by atoms with van der Waals surface area (Å²) in [5.74, 6) is 0.734. The Hall–Kier alpha value is -1.40. The number of nitrogens with zero attached hydrogens (tertiary/aromatic N) is 4. The van der Waals surface area contributed by atoms with Gasteiger partial charge in [0.2, 0.25) is 5.95 Å². The topological polar surface area (TPSA) is 84.3 Å². The minimum Gasteiger partial charge on any atom is -0.383 e. The lowest BCUT2D eigenvalue weighted by atomic mass is 10.2. The maximum absolute atomic E-state index is 5.82. The van der Waals surface area contributed by atoms with Crippen molar-refractivity contribution in [2.24, 2.45) is 0 Å². The summed E-state index contributed by atoms with van der Waals surface area (Å²) in [5, 5.41) is 0. The molecule has 4 N–H and O–H groups in total. The van der Waals surface area contributed by atoms with Crippen molar-refractivity contribution >= 4 is 11.8 Å². The number of hydrogen-bond donors (Lipinski definition) is 2. The highest BCUT2D eigenvalue weighted by atomic mass is 15.3. The SMILES string of the molecule is CCN1CCN(Cc2cnc(N)nc2N)CC1. The molecule has 0 spiro atoms. The van der Waals surface area contributed by atoms with Crippen molar-refractivity contribution in [1.82, 2.24) is 19.8 Å². The summed E-state index contributed by atoms with van der Waals surface area (Å²) >= 11 is 0. The number of hydrogen-bond acceptors (Lipinski definition) is 6. The van der Waals surface area contributed by atoms with Crippen molar-refractivity contribution < 1.29 is 0 Å². The van der Waals surface area contributed by atoms with Gasteiger partial charge in [0.05, 0.1) is 0 Å². The predicted molar refractivity (Wildman–Crippen MR) is 68.2 cm³/mol. The molecule has 94 valence electrons. The fraction of sp³-hybridized carbons (Fsp3) is 0.636. The van der Waals surface area contributed by atoms with Gasteiger partial charge in [-0.3, -0.25) is 4.90 Å². The molecule has 17 heavy (non-hydrogen) atoms. The third kappa shape index (κ3) is 3.04. The van der Waals surface area contributed by atoms with Crippen molar-refractivity contribution in [3.63, 3.8) is 0 Å². The molecule has 0 saturated carbocycles. The molecule has 0 bridgehead atoms. The van der Waals surface area contributed by atoms with Gasteiger partial charge in [0.25, 0.3) is 0 Å². The van der Waals surface area contributed by atoms with E-state index < -0.39 is 0 Å². The second kappa shape index (κ2) is 5.29. The van der Waals surface area contributed by atoms with E-state index in [-0.39, 0.29) is 5.95 Å². The van der Waals surface area contributed by atoms with E-state index in [0.29, 0.717) is 5.82 Å². The third-order valence-electron chi connectivity index (χ3n) is 3.22. The van der Waals surface area contributed by atoms with E-state index in [1.165, 1.54) is 0 Å². The maximum Gasteiger partial charge on any atom is 0.221 e. The highest BCUT2D eigenvalue weighted by molar-refractivity contribution is 5.41. The molecule has 0 radical (unpaired) electrons. The van der Waals surface area contributed by atoms with Crippen LogP contribution in [0.1, 0.15) is 12.5 Å². The average Bonchev–Trinajstić information content (AvgIpc) is 2.34. The first-order chi connectivity index (χ1) is 8.19. The Balaban J connectivity index is 1.93. The predicted octanol–water partition coefficient (Wildman–Crippen LogP) is -0.221. The molecule has 0 amide bonds. The normalized spacial score (nSPS) is 18.4. The lowest BCUT2D eigenvalue weighted by Gasteiger charge is -2.34. The third-order valence-corrected chi connectivity index (χ3v) is 3.22. The lowest BCUT2D eigenvalue weighted by Crippen LogP contribution is -2.45. The Morgan fingerprint density at radius 1 is 1.18 bits per heavy atom. The Morgan fingerprint density at radius 3 is 2.41 bits per heavy atom. The van der Waals surface area contributed by atoms with Gasteiger partial charge in [-0.15, -0.1) is 0 Å². The van der Waals surface area contributed by atoms with Crippen LogP contribution in [0.4, 0.5) is 11.8 Å². The van der Waals surface area contributed by atoms with E-state index in [1.54, 1.807) is 6.20 Å². The van der Waals surface area contributed by atoms with Gasteiger partial charge in [-0.25, -0.2) is 4.98 Å². The van der Waals surface area contributed by atoms with Crippen LogP contribution < -0.4 is 11.5 Å². The Bertz CT molecular complexity index is 372. The van der Waals surface area contributed by atoms with Crippen LogP contribution >= 0.6 is 0 Å². The molecule has 2 rings (SSSR count). The van der Waals surface area contributed by atoms with E-state index in [2.05, 4.69) is 26.7 Å². The first kappa shape index (κ1) is 12.1. The summed E-state index contributed by atoms with van der Waals surface area (Å²) < 4.78 is 0. The van der Waals surface area contributed by atoms with Crippen LogP contribution in [-0.4, -0.2) is 52.5 Å². The van der Waals surface area contributed by atoms with Crippen LogP contribution in [0.3, 0.4) is 0 Å². The van der Waals surface area contributed by atoms with Gasteiger partial charge in [0.15, 0.2) is 0 Å². The van der Waals surface area contributed by atoms with Crippen molar-refractivity contribution in [2.75, 3.05) is 44.2 Å². The summed E-state index contributed by atoms with van der Waals surface area (Å²) in [4.78, 5) is 12.8. The highest BCUT2D eigenvalue weighted by Gasteiger charge is 2.16. The monoisotopic (exact) mass is 236 g/mol. The standard InChI is InChI=1S/C11H20N6/c1-2-16-3-5-17(6-4-16)8-9-7-14-11(13)15-10(9)12/h7H,2-6,8H2,1H3,(H4,12,13,14,15). The Morgan fingerprint density at radius 2 is 1.82 bits per heavy atom. The number of aromatic nitrogens is 2. The summed E-state index contributed by atoms with van der Waals surface area (Å²) in [6.45, 7) is 8.50. The van der Waals surface area contributed by atoms with Gasteiger partial charge in [-0.05, 0) is 6.54 Å². The zero-order valence-corrected chi connectivity index (χ0v) is 10.3. The highest BCUT2D eigenvalue weighted by Crippen LogP contribution is 2.13. The fourth-order valence-electron chi connectivity index (χ4n) is 2.06. The van der Waals surface area contributed by atoms with Crippen LogP contribution in [0.15, 0.2) is 6.20 Å². The molecule has 1 aromatic rings. The maximum atomic E-state index is 5.82. The minimum atomic E-state index is 0.238. The first-order valence-corrected chi connectivity index (χ1v) is 6.00. The molecule has 0 aliphatic carbocycles. The van der Waals surface area contributed by atoms with Crippen LogP contribution in [0, 0.1) is 0 Å². The molecule has 1 aliphatic heterocycles. The quantitative estimate of drug-likeness (QED) is 0.754. The minimum absolute atomic E-state index is 0.238. The summed E-state index contributed by atoms with van der Waals surface area (Å²) in [6.07, 6.45) is 1.73. The van der Waals surface area contributed by atoms with Crippen molar-refractivity contribution in [2.45, 2.75) is 13.5 Å². The van der Waals surface area contributed by atoms with E-state index in [4.69, 9.17) is 11.5 Å². The summed E-state index contributed by atoms with van der Waals surface area (Å²) in [6, 6.07) is 0. The second-order valence-electron chi connectivity index (χ2n) is 4.35. The number of nitrogen functional groups attached to an aromatic ring is 2. The molecular weight excluding hydrogens is 216 g/mol. The number of rotatable bonds is 3. The van der Waals surface area contributed by atoms with Gasteiger partial charge < -0.3 is 16.4 Å². The zero-order valence-electron chi connectivity index (χ0n) is 10.3.